The molecular formula is C18H29N3O3. The van der Waals surface area contributed by atoms with E-state index in [1.54, 1.807) is 12.3 Å². The maximum absolute atomic E-state index is 12.6. The normalized spacial score (nSPS) is 26.2. The highest BCUT2D eigenvalue weighted by molar-refractivity contribution is 5.95. The van der Waals surface area contributed by atoms with Crippen LogP contribution in [0.4, 0.5) is 0 Å². The molecule has 1 aromatic rings. The van der Waals surface area contributed by atoms with Gasteiger partial charge in [-0.05, 0) is 39.9 Å². The molecule has 6 nitrogen and oxygen atoms in total. The van der Waals surface area contributed by atoms with Crippen molar-refractivity contribution in [2.24, 2.45) is 5.92 Å². The van der Waals surface area contributed by atoms with E-state index in [4.69, 9.17) is 9.15 Å². The Hall–Kier alpha value is -1.37. The summed E-state index contributed by atoms with van der Waals surface area (Å²) >= 11 is 0. The van der Waals surface area contributed by atoms with Crippen molar-refractivity contribution in [2.75, 3.05) is 46.9 Å². The molecule has 1 amide bonds. The molecule has 1 aromatic heterocycles. The van der Waals surface area contributed by atoms with E-state index in [2.05, 4.69) is 29.2 Å². The molecule has 2 saturated heterocycles. The molecule has 0 spiro atoms. The van der Waals surface area contributed by atoms with Crippen LogP contribution in [0.5, 0.6) is 0 Å². The Morgan fingerprint density at radius 3 is 2.71 bits per heavy atom. The predicted molar refractivity (Wildman–Crippen MR) is 92.2 cm³/mol. The van der Waals surface area contributed by atoms with Gasteiger partial charge in [0.05, 0.1) is 11.8 Å². The van der Waals surface area contributed by atoms with E-state index in [-0.39, 0.29) is 11.9 Å². The standard InChI is InChI=1S/C18H29N3O3/c1-13-16(6-9-24-13)18(22)19-17-12-21(11-14(17)10-20(2)3)15-4-7-23-8-5-15/h6,9,14-15,17H,4-5,7-8,10-12H2,1-3H3,(H,19,22)/t14-,17-/m1/s1. The molecule has 2 aliphatic heterocycles. The van der Waals surface area contributed by atoms with Crippen LogP contribution in [0.2, 0.25) is 0 Å². The summed E-state index contributed by atoms with van der Waals surface area (Å²) in [6.07, 6.45) is 3.76. The third-order valence-corrected chi connectivity index (χ3v) is 5.20. The molecule has 0 radical (unpaired) electrons. The number of nitrogens with zero attached hydrogens (tertiary/aromatic N) is 2. The monoisotopic (exact) mass is 335 g/mol. The summed E-state index contributed by atoms with van der Waals surface area (Å²) in [7, 11) is 4.19. The molecule has 0 aromatic carbocycles. The second kappa shape index (κ2) is 7.68. The molecule has 3 heterocycles. The summed E-state index contributed by atoms with van der Waals surface area (Å²) < 4.78 is 10.8. The number of nitrogens with one attached hydrogen (secondary N) is 1. The first kappa shape index (κ1) is 17.5. The lowest BCUT2D eigenvalue weighted by atomic mass is 10.0. The minimum atomic E-state index is -0.0242. The average Bonchev–Trinajstić information content (AvgIpc) is 3.14. The van der Waals surface area contributed by atoms with Gasteiger partial charge in [0.2, 0.25) is 0 Å². The zero-order valence-electron chi connectivity index (χ0n) is 15.0. The number of ether oxygens (including phenoxy) is 1. The van der Waals surface area contributed by atoms with Crippen molar-refractivity contribution in [3.05, 3.63) is 23.7 Å². The first-order chi connectivity index (χ1) is 11.5. The highest BCUT2D eigenvalue weighted by Gasteiger charge is 2.37. The second-order valence-electron chi connectivity index (χ2n) is 7.29. The van der Waals surface area contributed by atoms with Gasteiger partial charge in [0.1, 0.15) is 5.76 Å². The van der Waals surface area contributed by atoms with E-state index >= 15 is 0 Å². The molecule has 0 aliphatic carbocycles. The summed E-state index contributed by atoms with van der Waals surface area (Å²) in [6.45, 7) is 6.48. The fraction of sp³-hybridized carbons (Fsp3) is 0.722. The van der Waals surface area contributed by atoms with Crippen molar-refractivity contribution in [2.45, 2.75) is 31.8 Å². The van der Waals surface area contributed by atoms with Gasteiger partial charge < -0.3 is 19.4 Å². The third kappa shape index (κ3) is 3.99. The quantitative estimate of drug-likeness (QED) is 0.880. The SMILES string of the molecule is Cc1occc1C(=O)N[C@@H]1CN(C2CCOCC2)C[C@H]1CN(C)C. The van der Waals surface area contributed by atoms with Gasteiger partial charge in [0.15, 0.2) is 0 Å². The molecule has 1 N–H and O–H groups in total. The van der Waals surface area contributed by atoms with Crippen LogP contribution in [-0.4, -0.2) is 74.7 Å². The number of carbonyl (C=O) groups is 1. The van der Waals surface area contributed by atoms with Crippen molar-refractivity contribution in [1.82, 2.24) is 15.1 Å². The van der Waals surface area contributed by atoms with Crippen molar-refractivity contribution < 1.29 is 13.9 Å². The maximum atomic E-state index is 12.6. The van der Waals surface area contributed by atoms with E-state index in [1.807, 2.05) is 6.92 Å². The lowest BCUT2D eigenvalue weighted by Gasteiger charge is -2.31. The Bertz CT molecular complexity index is 551. The molecule has 2 atom stereocenters. The summed E-state index contributed by atoms with van der Waals surface area (Å²) in [5.74, 6) is 1.10. The van der Waals surface area contributed by atoms with Crippen LogP contribution in [-0.2, 0) is 4.74 Å². The van der Waals surface area contributed by atoms with E-state index in [0.717, 1.165) is 45.7 Å². The highest BCUT2D eigenvalue weighted by Crippen LogP contribution is 2.25. The summed E-state index contributed by atoms with van der Waals surface area (Å²) in [5, 5.41) is 3.25. The van der Waals surface area contributed by atoms with Crippen molar-refractivity contribution in [3.8, 4) is 0 Å². The number of carbonyl (C=O) groups excluding carboxylic acids is 1. The maximum Gasteiger partial charge on any atom is 0.255 e. The van der Waals surface area contributed by atoms with Crippen molar-refractivity contribution in [1.29, 1.82) is 0 Å². The lowest BCUT2D eigenvalue weighted by molar-refractivity contribution is 0.0403. The van der Waals surface area contributed by atoms with Gasteiger partial charge in [-0.25, -0.2) is 0 Å². The fourth-order valence-electron chi connectivity index (χ4n) is 3.94. The molecule has 2 aliphatic rings. The first-order valence-electron chi connectivity index (χ1n) is 8.86. The van der Waals surface area contributed by atoms with Gasteiger partial charge in [-0.3, -0.25) is 9.69 Å². The van der Waals surface area contributed by atoms with Gasteiger partial charge in [-0.15, -0.1) is 0 Å². The number of rotatable bonds is 5. The van der Waals surface area contributed by atoms with Crippen LogP contribution in [0.3, 0.4) is 0 Å². The zero-order chi connectivity index (χ0) is 17.1. The number of aryl methyl sites for hydroxylation is 1. The van der Waals surface area contributed by atoms with Crippen LogP contribution in [0.25, 0.3) is 0 Å². The van der Waals surface area contributed by atoms with Gasteiger partial charge in [-0.1, -0.05) is 0 Å². The minimum Gasteiger partial charge on any atom is -0.469 e. The summed E-state index contributed by atoms with van der Waals surface area (Å²) in [5.41, 5.74) is 0.642. The molecule has 24 heavy (non-hydrogen) atoms. The summed E-state index contributed by atoms with van der Waals surface area (Å²) in [6, 6.07) is 2.51. The Labute approximate surface area is 144 Å². The van der Waals surface area contributed by atoms with Crippen LogP contribution < -0.4 is 5.32 Å². The van der Waals surface area contributed by atoms with Crippen LogP contribution in [0.1, 0.15) is 29.0 Å². The first-order valence-corrected chi connectivity index (χ1v) is 8.86. The van der Waals surface area contributed by atoms with Gasteiger partial charge in [0.25, 0.3) is 5.91 Å². The number of hydrogen-bond acceptors (Lipinski definition) is 5. The predicted octanol–water partition coefficient (Wildman–Crippen LogP) is 1.36. The van der Waals surface area contributed by atoms with Gasteiger partial charge >= 0.3 is 0 Å². The minimum absolute atomic E-state index is 0.0242. The fourth-order valence-corrected chi connectivity index (χ4v) is 3.94. The molecule has 3 rings (SSSR count). The van der Waals surface area contributed by atoms with Crippen LogP contribution in [0.15, 0.2) is 16.7 Å². The van der Waals surface area contributed by atoms with Gasteiger partial charge in [0, 0.05) is 50.8 Å². The summed E-state index contributed by atoms with van der Waals surface area (Å²) in [4.78, 5) is 17.3. The molecule has 0 bridgehead atoms. The van der Waals surface area contributed by atoms with Crippen LogP contribution in [0, 0.1) is 12.8 Å². The largest absolute Gasteiger partial charge is 0.469 e. The van der Waals surface area contributed by atoms with Crippen molar-refractivity contribution in [3.63, 3.8) is 0 Å². The smallest absolute Gasteiger partial charge is 0.255 e. The van der Waals surface area contributed by atoms with Crippen LogP contribution >= 0.6 is 0 Å². The molecule has 2 fully saturated rings. The van der Waals surface area contributed by atoms with E-state index in [9.17, 15) is 4.79 Å². The topological polar surface area (TPSA) is 58.0 Å². The molecule has 0 unspecified atom stereocenters. The van der Waals surface area contributed by atoms with Gasteiger partial charge in [-0.2, -0.15) is 0 Å². The average molecular weight is 335 g/mol. The number of likely N-dealkylation sites (tertiary alicyclic amines) is 1. The second-order valence-corrected chi connectivity index (χ2v) is 7.29. The molecule has 0 saturated carbocycles. The Morgan fingerprint density at radius 2 is 2.08 bits per heavy atom. The number of hydrogen-bond donors (Lipinski definition) is 1. The molecule has 6 heteroatoms. The Balaban J connectivity index is 1.66. The highest BCUT2D eigenvalue weighted by atomic mass is 16.5. The number of amides is 1. The van der Waals surface area contributed by atoms with E-state index in [0.29, 0.717) is 23.3 Å². The van der Waals surface area contributed by atoms with Crippen molar-refractivity contribution >= 4 is 5.91 Å². The third-order valence-electron chi connectivity index (χ3n) is 5.20. The lowest BCUT2D eigenvalue weighted by Crippen LogP contribution is -2.44. The zero-order valence-corrected chi connectivity index (χ0v) is 15.0. The van der Waals surface area contributed by atoms with E-state index in [1.165, 1.54) is 0 Å². The Kier molecular flexibility index (Phi) is 5.58. The Morgan fingerprint density at radius 1 is 1.33 bits per heavy atom. The molecule has 134 valence electrons. The molecular weight excluding hydrogens is 306 g/mol. The number of furan rings is 1. The van der Waals surface area contributed by atoms with E-state index < -0.39 is 0 Å².